The van der Waals surface area contributed by atoms with E-state index in [0.717, 1.165) is 24.0 Å². The van der Waals surface area contributed by atoms with Gasteiger partial charge in [-0.15, -0.1) is 6.58 Å². The highest BCUT2D eigenvalue weighted by molar-refractivity contribution is 6.30. The van der Waals surface area contributed by atoms with Gasteiger partial charge in [-0.05, 0) is 13.3 Å². The number of rotatable bonds is 5. The van der Waals surface area contributed by atoms with E-state index < -0.39 is 0 Å². The Balaban J connectivity index is 2.67. The quantitative estimate of drug-likeness (QED) is 0.572. The largest absolute Gasteiger partial charge is 0.477 e. The first-order chi connectivity index (χ1) is 7.15. The Morgan fingerprint density at radius 3 is 2.87 bits per heavy atom. The van der Waals surface area contributed by atoms with Crippen LogP contribution in [-0.4, -0.2) is 16.6 Å². The third-order valence-corrected chi connectivity index (χ3v) is 2.30. The van der Waals surface area contributed by atoms with E-state index in [9.17, 15) is 0 Å². The highest BCUT2D eigenvalue weighted by Crippen LogP contribution is 2.22. The number of aromatic nitrogens is 2. The summed E-state index contributed by atoms with van der Waals surface area (Å²) in [6, 6.07) is 0. The zero-order valence-corrected chi connectivity index (χ0v) is 9.84. The fraction of sp³-hybridized carbons (Fsp3) is 0.455. The molecule has 0 bridgehead atoms. The second-order valence-corrected chi connectivity index (χ2v) is 3.72. The third-order valence-electron chi connectivity index (χ3n) is 1.97. The molecule has 0 fully saturated rings. The summed E-state index contributed by atoms with van der Waals surface area (Å²) in [7, 11) is 0. The molecule has 0 saturated heterocycles. The fourth-order valence-electron chi connectivity index (χ4n) is 1.12. The van der Waals surface area contributed by atoms with Crippen LogP contribution in [0.3, 0.4) is 0 Å². The maximum atomic E-state index is 5.92. The molecule has 15 heavy (non-hydrogen) atoms. The third kappa shape index (κ3) is 3.51. The lowest BCUT2D eigenvalue weighted by Gasteiger charge is -2.09. The van der Waals surface area contributed by atoms with Crippen molar-refractivity contribution < 1.29 is 4.74 Å². The van der Waals surface area contributed by atoms with Crippen molar-refractivity contribution in [1.29, 1.82) is 0 Å². The zero-order valence-electron chi connectivity index (χ0n) is 9.09. The van der Waals surface area contributed by atoms with Crippen LogP contribution in [0.2, 0.25) is 5.15 Å². The van der Waals surface area contributed by atoms with Gasteiger partial charge >= 0.3 is 0 Å². The van der Waals surface area contributed by atoms with Crippen LogP contribution in [0.15, 0.2) is 18.5 Å². The van der Waals surface area contributed by atoms with Crippen molar-refractivity contribution in [2.45, 2.75) is 26.7 Å². The van der Waals surface area contributed by atoms with Crippen LogP contribution in [0, 0.1) is 0 Å². The number of hydrogen-bond donors (Lipinski definition) is 0. The maximum absolute atomic E-state index is 5.92. The molecule has 0 aromatic carbocycles. The first-order valence-electron chi connectivity index (χ1n) is 4.91. The minimum Gasteiger partial charge on any atom is -0.477 e. The SMILES string of the molecule is C=C(C)CCOc1ncnc(Cl)c1CC. The van der Waals surface area contributed by atoms with Crippen molar-refractivity contribution in [2.75, 3.05) is 6.61 Å². The van der Waals surface area contributed by atoms with E-state index in [1.807, 2.05) is 13.8 Å². The predicted molar refractivity (Wildman–Crippen MR) is 61.3 cm³/mol. The molecule has 4 heteroatoms. The molecule has 1 heterocycles. The van der Waals surface area contributed by atoms with Crippen LogP contribution in [-0.2, 0) is 6.42 Å². The molecule has 0 amide bonds. The Morgan fingerprint density at radius 1 is 1.53 bits per heavy atom. The molecule has 0 aliphatic heterocycles. The summed E-state index contributed by atoms with van der Waals surface area (Å²) in [5.41, 5.74) is 1.95. The first-order valence-corrected chi connectivity index (χ1v) is 5.29. The van der Waals surface area contributed by atoms with Gasteiger partial charge in [-0.3, -0.25) is 0 Å². The van der Waals surface area contributed by atoms with Crippen LogP contribution in [0.5, 0.6) is 5.88 Å². The highest BCUT2D eigenvalue weighted by Gasteiger charge is 2.08. The summed E-state index contributed by atoms with van der Waals surface area (Å²) < 4.78 is 5.52. The van der Waals surface area contributed by atoms with Gasteiger partial charge in [-0.2, -0.15) is 0 Å². The molecule has 0 aliphatic rings. The molecule has 0 atom stereocenters. The molecule has 82 valence electrons. The molecule has 3 nitrogen and oxygen atoms in total. The van der Waals surface area contributed by atoms with Crippen LogP contribution in [0.25, 0.3) is 0 Å². The van der Waals surface area contributed by atoms with Crippen LogP contribution in [0.1, 0.15) is 25.8 Å². The number of nitrogens with zero attached hydrogens (tertiary/aromatic N) is 2. The molecular formula is C11H15ClN2O. The lowest BCUT2D eigenvalue weighted by Crippen LogP contribution is -2.03. The minimum absolute atomic E-state index is 0.470. The molecule has 1 aromatic rings. The Hall–Kier alpha value is -1.09. The van der Waals surface area contributed by atoms with Gasteiger partial charge in [0.15, 0.2) is 0 Å². The van der Waals surface area contributed by atoms with Gasteiger partial charge in [0.25, 0.3) is 0 Å². The lowest BCUT2D eigenvalue weighted by atomic mass is 10.2. The predicted octanol–water partition coefficient (Wildman–Crippen LogP) is 3.04. The molecule has 0 unspecified atom stereocenters. The molecule has 0 N–H and O–H groups in total. The van der Waals surface area contributed by atoms with Crippen LogP contribution in [0.4, 0.5) is 0 Å². The van der Waals surface area contributed by atoms with Crippen molar-refractivity contribution in [1.82, 2.24) is 9.97 Å². The maximum Gasteiger partial charge on any atom is 0.221 e. The Kier molecular flexibility index (Phi) is 4.56. The summed E-state index contributed by atoms with van der Waals surface area (Å²) in [5, 5.41) is 0.470. The smallest absolute Gasteiger partial charge is 0.221 e. The monoisotopic (exact) mass is 226 g/mol. The normalized spacial score (nSPS) is 10.1. The van der Waals surface area contributed by atoms with Gasteiger partial charge in [-0.25, -0.2) is 9.97 Å². The van der Waals surface area contributed by atoms with Gasteiger partial charge in [0, 0.05) is 6.42 Å². The van der Waals surface area contributed by atoms with Crippen molar-refractivity contribution in [3.05, 3.63) is 29.2 Å². The van der Waals surface area contributed by atoms with Crippen molar-refractivity contribution in [3.8, 4) is 5.88 Å². The Labute approximate surface area is 95.2 Å². The Bertz CT molecular complexity index is 352. The molecule has 0 aliphatic carbocycles. The summed E-state index contributed by atoms with van der Waals surface area (Å²) >= 11 is 5.92. The number of halogens is 1. The van der Waals surface area contributed by atoms with Crippen LogP contribution >= 0.6 is 11.6 Å². The van der Waals surface area contributed by atoms with E-state index in [4.69, 9.17) is 16.3 Å². The number of ether oxygens (including phenoxy) is 1. The standard InChI is InChI=1S/C11H15ClN2O/c1-4-9-10(12)13-7-14-11(9)15-6-5-8(2)3/h7H,2,4-6H2,1,3H3. The molecule has 1 aromatic heterocycles. The van der Waals surface area contributed by atoms with E-state index in [2.05, 4.69) is 16.5 Å². The topological polar surface area (TPSA) is 35.0 Å². The summed E-state index contributed by atoms with van der Waals surface area (Å²) in [6.45, 7) is 8.35. The van der Waals surface area contributed by atoms with Crippen molar-refractivity contribution >= 4 is 11.6 Å². The highest BCUT2D eigenvalue weighted by atomic mass is 35.5. The van der Waals surface area contributed by atoms with Gasteiger partial charge in [0.05, 0.1) is 12.2 Å². The van der Waals surface area contributed by atoms with Crippen molar-refractivity contribution in [3.63, 3.8) is 0 Å². The minimum atomic E-state index is 0.470. The van der Waals surface area contributed by atoms with E-state index in [1.54, 1.807) is 0 Å². The second kappa shape index (κ2) is 5.71. The van der Waals surface area contributed by atoms with E-state index in [1.165, 1.54) is 6.33 Å². The molecule has 1 rings (SSSR count). The van der Waals surface area contributed by atoms with Gasteiger partial charge < -0.3 is 4.74 Å². The average molecular weight is 227 g/mol. The molecule has 0 radical (unpaired) electrons. The van der Waals surface area contributed by atoms with Crippen molar-refractivity contribution in [2.24, 2.45) is 0 Å². The summed E-state index contributed by atoms with van der Waals surface area (Å²) in [5.74, 6) is 0.582. The van der Waals surface area contributed by atoms with E-state index in [0.29, 0.717) is 17.6 Å². The van der Waals surface area contributed by atoms with Gasteiger partial charge in [0.1, 0.15) is 11.5 Å². The molecule has 0 saturated carbocycles. The molecule has 0 spiro atoms. The van der Waals surface area contributed by atoms with E-state index >= 15 is 0 Å². The average Bonchev–Trinajstić information content (AvgIpc) is 2.17. The summed E-state index contributed by atoms with van der Waals surface area (Å²) in [6.07, 6.45) is 3.00. The second-order valence-electron chi connectivity index (χ2n) is 3.36. The summed E-state index contributed by atoms with van der Waals surface area (Å²) in [4.78, 5) is 7.97. The number of hydrogen-bond acceptors (Lipinski definition) is 3. The van der Waals surface area contributed by atoms with Crippen LogP contribution < -0.4 is 4.74 Å². The van der Waals surface area contributed by atoms with E-state index in [-0.39, 0.29) is 0 Å². The first kappa shape index (κ1) is 12.0. The lowest BCUT2D eigenvalue weighted by molar-refractivity contribution is 0.305. The van der Waals surface area contributed by atoms with Gasteiger partial charge in [0.2, 0.25) is 5.88 Å². The fourth-order valence-corrected chi connectivity index (χ4v) is 1.38. The molecular weight excluding hydrogens is 212 g/mol. The van der Waals surface area contributed by atoms with Gasteiger partial charge in [-0.1, -0.05) is 24.1 Å². The Morgan fingerprint density at radius 2 is 2.27 bits per heavy atom. The zero-order chi connectivity index (χ0) is 11.3.